The largest absolute Gasteiger partial charge is 0.505 e. The van der Waals surface area contributed by atoms with Gasteiger partial charge in [0.15, 0.2) is 11.6 Å². The molecule has 0 aliphatic carbocycles. The van der Waals surface area contributed by atoms with Crippen LogP contribution in [0.4, 0.5) is 4.39 Å². The van der Waals surface area contributed by atoms with E-state index in [-0.39, 0.29) is 6.54 Å². The van der Waals surface area contributed by atoms with Crippen LogP contribution in [0, 0.1) is 5.82 Å². The van der Waals surface area contributed by atoms with Crippen LogP contribution in [0.25, 0.3) is 0 Å². The highest BCUT2D eigenvalue weighted by Crippen LogP contribution is 2.24. The Morgan fingerprint density at radius 1 is 1.57 bits per heavy atom. The number of hydrogen-bond acceptors (Lipinski definition) is 3. The zero-order valence-electron chi connectivity index (χ0n) is 7.75. The van der Waals surface area contributed by atoms with Gasteiger partial charge in [-0.05, 0) is 18.1 Å². The molecule has 0 amide bonds. The Morgan fingerprint density at radius 2 is 2.29 bits per heavy atom. The monoisotopic (exact) mass is 195 g/mol. The topological polar surface area (TPSA) is 49.7 Å². The van der Waals surface area contributed by atoms with E-state index in [9.17, 15) is 14.3 Å². The van der Waals surface area contributed by atoms with Crippen molar-refractivity contribution in [3.05, 3.63) is 29.1 Å². The molecule has 0 bridgehead atoms. The van der Waals surface area contributed by atoms with E-state index in [4.69, 9.17) is 0 Å². The number of carbonyl (C=O) groups excluding carboxylic acids is 1. The lowest BCUT2D eigenvalue weighted by molar-refractivity contribution is 0.425. The molecule has 0 aromatic heterocycles. The molecule has 3 nitrogen and oxygen atoms in total. The van der Waals surface area contributed by atoms with E-state index >= 15 is 0 Å². The molecule has 1 N–H and O–H groups in total. The Hall–Kier alpha value is -1.67. The predicted molar refractivity (Wildman–Crippen MR) is 49.3 cm³/mol. The van der Waals surface area contributed by atoms with Gasteiger partial charge in [0.25, 0.3) is 0 Å². The molecular weight excluding hydrogens is 185 g/mol. The lowest BCUT2D eigenvalue weighted by Gasteiger charge is -2.04. The van der Waals surface area contributed by atoms with E-state index < -0.39 is 11.6 Å². The Bertz CT molecular complexity index is 384. The molecule has 0 atom stereocenters. The first-order chi connectivity index (χ1) is 6.69. The van der Waals surface area contributed by atoms with Crippen LogP contribution in [0.5, 0.6) is 5.75 Å². The molecule has 4 heteroatoms. The minimum atomic E-state index is -0.680. The lowest BCUT2D eigenvalue weighted by Crippen LogP contribution is -1.91. The summed E-state index contributed by atoms with van der Waals surface area (Å²) >= 11 is 0. The van der Waals surface area contributed by atoms with Crippen LogP contribution in [-0.2, 0) is 17.8 Å². The van der Waals surface area contributed by atoms with Gasteiger partial charge in [-0.25, -0.2) is 14.2 Å². The van der Waals surface area contributed by atoms with Crippen molar-refractivity contribution in [3.8, 4) is 5.75 Å². The number of hydrogen-bond donors (Lipinski definition) is 1. The third-order valence-electron chi connectivity index (χ3n) is 1.92. The lowest BCUT2D eigenvalue weighted by atomic mass is 10.1. The zero-order valence-corrected chi connectivity index (χ0v) is 7.75. The van der Waals surface area contributed by atoms with Gasteiger partial charge in [0.2, 0.25) is 6.08 Å². The minimum absolute atomic E-state index is 0.0416. The maximum atomic E-state index is 13.1. The smallest absolute Gasteiger partial charge is 0.235 e. The highest BCUT2D eigenvalue weighted by atomic mass is 19.1. The molecule has 1 rings (SSSR count). The molecule has 0 spiro atoms. The van der Waals surface area contributed by atoms with Crippen LogP contribution in [0.2, 0.25) is 0 Å². The molecule has 14 heavy (non-hydrogen) atoms. The second kappa shape index (κ2) is 4.53. The summed E-state index contributed by atoms with van der Waals surface area (Å²) in [6, 6.07) is 2.89. The van der Waals surface area contributed by atoms with Gasteiger partial charge in [0.1, 0.15) is 0 Å². The molecule has 0 aliphatic heterocycles. The average Bonchev–Trinajstić information content (AvgIpc) is 2.20. The molecule has 0 saturated carbocycles. The number of nitrogens with zero attached hydrogens (tertiary/aromatic N) is 1. The summed E-state index contributed by atoms with van der Waals surface area (Å²) in [5, 5.41) is 9.28. The van der Waals surface area contributed by atoms with Crippen LogP contribution in [0.15, 0.2) is 17.1 Å². The van der Waals surface area contributed by atoms with Gasteiger partial charge in [-0.15, -0.1) is 0 Å². The van der Waals surface area contributed by atoms with E-state index in [0.29, 0.717) is 12.0 Å². The molecule has 0 unspecified atom stereocenters. The summed E-state index contributed by atoms with van der Waals surface area (Å²) in [6.07, 6.45) is 2.00. The summed E-state index contributed by atoms with van der Waals surface area (Å²) in [4.78, 5) is 13.1. The first-order valence-corrected chi connectivity index (χ1v) is 4.23. The van der Waals surface area contributed by atoms with Crippen molar-refractivity contribution in [2.24, 2.45) is 4.99 Å². The SMILES string of the molecule is CCc1cc(F)c(O)c(CN=C=O)c1. The Kier molecular flexibility index (Phi) is 3.37. The first-order valence-electron chi connectivity index (χ1n) is 4.23. The number of aromatic hydroxyl groups is 1. The Labute approximate surface area is 80.9 Å². The Balaban J connectivity index is 3.12. The van der Waals surface area contributed by atoms with E-state index in [0.717, 1.165) is 5.56 Å². The number of halogens is 1. The van der Waals surface area contributed by atoms with Gasteiger partial charge < -0.3 is 5.11 Å². The van der Waals surface area contributed by atoms with Gasteiger partial charge in [-0.1, -0.05) is 13.0 Å². The van der Waals surface area contributed by atoms with Crippen molar-refractivity contribution in [2.45, 2.75) is 19.9 Å². The number of phenols is 1. The summed E-state index contributed by atoms with van der Waals surface area (Å²) in [5.74, 6) is -1.12. The van der Waals surface area contributed by atoms with Crippen LogP contribution in [0.3, 0.4) is 0 Å². The summed E-state index contributed by atoms with van der Waals surface area (Å²) in [6.45, 7) is 1.83. The standard InChI is InChI=1S/C10H10FNO2/c1-2-7-3-8(5-12-6-13)10(14)9(11)4-7/h3-4,14H,2,5H2,1H3. The van der Waals surface area contributed by atoms with Crippen molar-refractivity contribution in [2.75, 3.05) is 0 Å². The van der Waals surface area contributed by atoms with Crippen LogP contribution in [0.1, 0.15) is 18.1 Å². The molecule has 1 aromatic carbocycles. The Morgan fingerprint density at radius 3 is 2.86 bits per heavy atom. The molecular formula is C10H10FNO2. The van der Waals surface area contributed by atoms with Crippen LogP contribution >= 0.6 is 0 Å². The number of isocyanates is 1. The van der Waals surface area contributed by atoms with E-state index in [1.54, 1.807) is 6.07 Å². The third kappa shape index (κ3) is 2.18. The van der Waals surface area contributed by atoms with E-state index in [1.807, 2.05) is 6.92 Å². The molecule has 74 valence electrons. The van der Waals surface area contributed by atoms with Crippen LogP contribution < -0.4 is 0 Å². The number of aliphatic imine (C=N–C) groups is 1. The van der Waals surface area contributed by atoms with Gasteiger partial charge >= 0.3 is 0 Å². The second-order valence-electron chi connectivity index (χ2n) is 2.85. The molecule has 0 heterocycles. The highest BCUT2D eigenvalue weighted by molar-refractivity contribution is 5.40. The zero-order chi connectivity index (χ0) is 10.6. The van der Waals surface area contributed by atoms with E-state index in [2.05, 4.69) is 4.99 Å². The molecule has 0 fully saturated rings. The van der Waals surface area contributed by atoms with Gasteiger partial charge in [0, 0.05) is 5.56 Å². The molecule has 0 saturated heterocycles. The summed E-state index contributed by atoms with van der Waals surface area (Å²) in [7, 11) is 0. The van der Waals surface area contributed by atoms with Gasteiger partial charge in [-0.2, -0.15) is 0 Å². The molecule has 0 radical (unpaired) electrons. The fourth-order valence-corrected chi connectivity index (χ4v) is 1.16. The highest BCUT2D eigenvalue weighted by Gasteiger charge is 2.08. The third-order valence-corrected chi connectivity index (χ3v) is 1.92. The maximum absolute atomic E-state index is 13.1. The second-order valence-corrected chi connectivity index (χ2v) is 2.85. The maximum Gasteiger partial charge on any atom is 0.235 e. The van der Waals surface area contributed by atoms with E-state index in [1.165, 1.54) is 12.1 Å². The first kappa shape index (κ1) is 10.4. The quantitative estimate of drug-likeness (QED) is 0.591. The minimum Gasteiger partial charge on any atom is -0.505 e. The van der Waals surface area contributed by atoms with Crippen molar-refractivity contribution in [1.82, 2.24) is 0 Å². The van der Waals surface area contributed by atoms with Crippen molar-refractivity contribution >= 4 is 6.08 Å². The van der Waals surface area contributed by atoms with Crippen molar-refractivity contribution < 1.29 is 14.3 Å². The van der Waals surface area contributed by atoms with Crippen LogP contribution in [-0.4, -0.2) is 11.2 Å². The van der Waals surface area contributed by atoms with Gasteiger partial charge in [-0.3, -0.25) is 0 Å². The fraction of sp³-hybridized carbons (Fsp3) is 0.300. The number of phenolic OH excluding ortho intramolecular Hbond substituents is 1. The predicted octanol–water partition coefficient (Wildman–Crippen LogP) is 1.93. The average molecular weight is 195 g/mol. The number of benzene rings is 1. The number of rotatable bonds is 3. The normalized spacial score (nSPS) is 9.57. The summed E-state index contributed by atoms with van der Waals surface area (Å²) in [5.41, 5.74) is 1.07. The molecule has 0 aliphatic rings. The summed E-state index contributed by atoms with van der Waals surface area (Å²) < 4.78 is 13.1. The fourth-order valence-electron chi connectivity index (χ4n) is 1.16. The van der Waals surface area contributed by atoms with Gasteiger partial charge in [0.05, 0.1) is 6.54 Å². The molecule has 1 aromatic rings. The van der Waals surface area contributed by atoms with Crippen molar-refractivity contribution in [3.63, 3.8) is 0 Å². The van der Waals surface area contributed by atoms with Crippen molar-refractivity contribution in [1.29, 1.82) is 0 Å². The number of aryl methyl sites for hydroxylation is 1.